The largest absolute Gasteiger partial charge is 0.314 e. The Morgan fingerprint density at radius 3 is 2.40 bits per heavy atom. The van der Waals surface area contributed by atoms with Crippen LogP contribution in [0.25, 0.3) is 0 Å². The van der Waals surface area contributed by atoms with Crippen molar-refractivity contribution in [1.29, 1.82) is 0 Å². The molecule has 2 aliphatic heterocycles. The molecule has 0 aromatic rings. The van der Waals surface area contributed by atoms with Gasteiger partial charge >= 0.3 is 0 Å². The maximum absolute atomic E-state index is 3.58. The first-order valence-electron chi connectivity index (χ1n) is 5.97. The minimum absolute atomic E-state index is 0. The molecule has 0 aromatic heterocycles. The summed E-state index contributed by atoms with van der Waals surface area (Å²) in [5.74, 6) is 0. The highest BCUT2D eigenvalue weighted by molar-refractivity contribution is 5.85. The van der Waals surface area contributed by atoms with Crippen molar-refractivity contribution in [3.8, 4) is 0 Å². The highest BCUT2D eigenvalue weighted by Crippen LogP contribution is 2.14. The van der Waals surface area contributed by atoms with E-state index in [9.17, 15) is 0 Å². The van der Waals surface area contributed by atoms with Gasteiger partial charge in [-0.15, -0.1) is 12.4 Å². The molecule has 0 saturated carbocycles. The zero-order chi connectivity index (χ0) is 9.97. The summed E-state index contributed by atoms with van der Waals surface area (Å²) in [5, 5.41) is 7.06. The van der Waals surface area contributed by atoms with E-state index in [-0.39, 0.29) is 12.4 Å². The lowest BCUT2D eigenvalue weighted by Gasteiger charge is -2.40. The minimum atomic E-state index is 0. The lowest BCUT2D eigenvalue weighted by atomic mass is 10.1. The van der Waals surface area contributed by atoms with Gasteiger partial charge in [0.2, 0.25) is 0 Å². The van der Waals surface area contributed by atoms with Gasteiger partial charge in [-0.05, 0) is 33.2 Å². The van der Waals surface area contributed by atoms with Crippen LogP contribution in [0.1, 0.15) is 26.7 Å². The highest BCUT2D eigenvalue weighted by atomic mass is 35.5. The van der Waals surface area contributed by atoms with Gasteiger partial charge in [0.25, 0.3) is 0 Å². The van der Waals surface area contributed by atoms with Crippen molar-refractivity contribution in [2.24, 2.45) is 0 Å². The van der Waals surface area contributed by atoms with E-state index in [1.807, 2.05) is 0 Å². The third-order valence-electron chi connectivity index (χ3n) is 3.61. The summed E-state index contributed by atoms with van der Waals surface area (Å²) in [6, 6.07) is 2.14. The van der Waals surface area contributed by atoms with E-state index in [4.69, 9.17) is 0 Å². The van der Waals surface area contributed by atoms with Crippen LogP contribution in [0.3, 0.4) is 0 Å². The summed E-state index contributed by atoms with van der Waals surface area (Å²) >= 11 is 0. The molecule has 3 atom stereocenters. The molecular weight excluding hydrogens is 210 g/mol. The molecule has 2 aliphatic rings. The van der Waals surface area contributed by atoms with Crippen LogP contribution in [-0.4, -0.2) is 49.2 Å². The summed E-state index contributed by atoms with van der Waals surface area (Å²) < 4.78 is 0. The van der Waals surface area contributed by atoms with Crippen LogP contribution in [0.2, 0.25) is 0 Å². The van der Waals surface area contributed by atoms with E-state index in [0.29, 0.717) is 12.1 Å². The molecule has 2 N–H and O–H groups in total. The molecule has 0 unspecified atom stereocenters. The van der Waals surface area contributed by atoms with Crippen LogP contribution >= 0.6 is 12.4 Å². The molecule has 4 heteroatoms. The molecule has 0 radical (unpaired) electrons. The van der Waals surface area contributed by atoms with Gasteiger partial charge in [-0.1, -0.05) is 0 Å². The van der Waals surface area contributed by atoms with Crippen LogP contribution < -0.4 is 10.6 Å². The van der Waals surface area contributed by atoms with E-state index < -0.39 is 0 Å². The average molecular weight is 234 g/mol. The summed E-state index contributed by atoms with van der Waals surface area (Å²) in [4.78, 5) is 2.65. The monoisotopic (exact) mass is 233 g/mol. The van der Waals surface area contributed by atoms with Gasteiger partial charge in [0.1, 0.15) is 0 Å². The fraction of sp³-hybridized carbons (Fsp3) is 1.00. The first-order chi connectivity index (χ1) is 6.77. The first-order valence-corrected chi connectivity index (χ1v) is 5.97. The summed E-state index contributed by atoms with van der Waals surface area (Å²) in [5.41, 5.74) is 0. The second kappa shape index (κ2) is 6.04. The van der Waals surface area contributed by atoms with Crippen molar-refractivity contribution in [3.63, 3.8) is 0 Å². The number of hydrogen-bond acceptors (Lipinski definition) is 3. The lowest BCUT2D eigenvalue weighted by molar-refractivity contribution is 0.106. The van der Waals surface area contributed by atoms with Gasteiger partial charge in [0.05, 0.1) is 0 Å². The van der Waals surface area contributed by atoms with E-state index in [1.165, 1.54) is 25.9 Å². The zero-order valence-electron chi connectivity index (χ0n) is 9.83. The number of nitrogens with zero attached hydrogens (tertiary/aromatic N) is 1. The van der Waals surface area contributed by atoms with Crippen LogP contribution in [0.5, 0.6) is 0 Å². The van der Waals surface area contributed by atoms with Gasteiger partial charge in [0, 0.05) is 37.8 Å². The van der Waals surface area contributed by atoms with Crippen molar-refractivity contribution >= 4 is 12.4 Å². The smallest absolute Gasteiger partial charge is 0.0196 e. The molecule has 0 aliphatic carbocycles. The fourth-order valence-electron chi connectivity index (χ4n) is 2.70. The Bertz CT molecular complexity index is 173. The highest BCUT2D eigenvalue weighted by Gasteiger charge is 2.27. The number of halogens is 1. The third kappa shape index (κ3) is 3.31. The predicted octanol–water partition coefficient (Wildman–Crippen LogP) is 0.842. The average Bonchev–Trinajstić information content (AvgIpc) is 2.64. The molecule has 0 bridgehead atoms. The molecular formula is C11H24ClN3. The summed E-state index contributed by atoms with van der Waals surface area (Å²) in [6.45, 7) is 9.42. The van der Waals surface area contributed by atoms with Gasteiger partial charge in [-0.25, -0.2) is 0 Å². The Morgan fingerprint density at radius 1 is 1.20 bits per heavy atom. The quantitative estimate of drug-likeness (QED) is 0.741. The fourth-order valence-corrected chi connectivity index (χ4v) is 2.70. The summed E-state index contributed by atoms with van der Waals surface area (Å²) in [6.07, 6.45) is 2.73. The predicted molar refractivity (Wildman–Crippen MR) is 66.8 cm³/mol. The topological polar surface area (TPSA) is 27.3 Å². The van der Waals surface area contributed by atoms with Crippen LogP contribution in [0.4, 0.5) is 0 Å². The van der Waals surface area contributed by atoms with E-state index in [0.717, 1.165) is 19.1 Å². The van der Waals surface area contributed by atoms with Crippen molar-refractivity contribution in [3.05, 3.63) is 0 Å². The Morgan fingerprint density at radius 2 is 1.87 bits per heavy atom. The maximum atomic E-state index is 3.58. The number of piperazine rings is 1. The van der Waals surface area contributed by atoms with E-state index >= 15 is 0 Å². The molecule has 3 nitrogen and oxygen atoms in total. The third-order valence-corrected chi connectivity index (χ3v) is 3.61. The zero-order valence-corrected chi connectivity index (χ0v) is 10.6. The van der Waals surface area contributed by atoms with E-state index in [1.54, 1.807) is 0 Å². The standard InChI is InChI=1S/C11H23N3.ClH/c1-9-6-12-7-10(2)14(9)8-11-4-3-5-13-11;/h9-13H,3-8H2,1-2H3;1H/t9-,10+,11-;/m0./s1. The number of rotatable bonds is 2. The van der Waals surface area contributed by atoms with Crippen LogP contribution in [0, 0.1) is 0 Å². The van der Waals surface area contributed by atoms with E-state index in [2.05, 4.69) is 29.4 Å². The lowest BCUT2D eigenvalue weighted by Crippen LogP contribution is -2.57. The Balaban J connectivity index is 0.00000112. The first kappa shape index (κ1) is 13.2. The summed E-state index contributed by atoms with van der Waals surface area (Å²) in [7, 11) is 0. The number of hydrogen-bond donors (Lipinski definition) is 2. The molecule has 90 valence electrons. The molecule has 2 rings (SSSR count). The SMILES string of the molecule is C[C@@H]1CNC[C@H](C)N1C[C@@H]1CCCN1.Cl. The van der Waals surface area contributed by atoms with Crippen molar-refractivity contribution in [2.45, 2.75) is 44.8 Å². The molecule has 0 spiro atoms. The maximum Gasteiger partial charge on any atom is 0.0196 e. The molecule has 0 amide bonds. The van der Waals surface area contributed by atoms with Gasteiger partial charge in [-0.2, -0.15) is 0 Å². The molecule has 15 heavy (non-hydrogen) atoms. The Hall–Kier alpha value is 0.170. The van der Waals surface area contributed by atoms with Crippen molar-refractivity contribution in [1.82, 2.24) is 15.5 Å². The van der Waals surface area contributed by atoms with Crippen LogP contribution in [-0.2, 0) is 0 Å². The van der Waals surface area contributed by atoms with Gasteiger partial charge in [-0.3, -0.25) is 4.90 Å². The number of nitrogens with one attached hydrogen (secondary N) is 2. The Labute approximate surface area is 99.4 Å². The van der Waals surface area contributed by atoms with Gasteiger partial charge in [0.15, 0.2) is 0 Å². The molecule has 2 fully saturated rings. The second-order valence-electron chi connectivity index (χ2n) is 4.85. The van der Waals surface area contributed by atoms with Crippen LogP contribution in [0.15, 0.2) is 0 Å². The molecule has 0 aromatic carbocycles. The molecule has 2 saturated heterocycles. The van der Waals surface area contributed by atoms with Crippen molar-refractivity contribution in [2.75, 3.05) is 26.2 Å². The molecule has 2 heterocycles. The van der Waals surface area contributed by atoms with Crippen molar-refractivity contribution < 1.29 is 0 Å². The minimum Gasteiger partial charge on any atom is -0.314 e. The second-order valence-corrected chi connectivity index (χ2v) is 4.85. The Kier molecular flexibility index (Phi) is 5.33. The normalized spacial score (nSPS) is 37.6. The van der Waals surface area contributed by atoms with Gasteiger partial charge < -0.3 is 10.6 Å².